The molecule has 0 atom stereocenters. The summed E-state index contributed by atoms with van der Waals surface area (Å²) in [5.74, 6) is -1.19. The topological polar surface area (TPSA) is 75.4 Å². The van der Waals surface area contributed by atoms with E-state index in [0.717, 1.165) is 53.6 Å². The molecule has 3 heterocycles. The molecule has 134 valence electrons. The summed E-state index contributed by atoms with van der Waals surface area (Å²) in [4.78, 5) is 31.2. The smallest absolute Gasteiger partial charge is 0.341 e. The lowest BCUT2D eigenvalue weighted by atomic mass is 10.0. The summed E-state index contributed by atoms with van der Waals surface area (Å²) in [6.45, 7) is 6.45. The summed E-state index contributed by atoms with van der Waals surface area (Å²) < 4.78 is 1.83. The first kappa shape index (κ1) is 16.6. The minimum absolute atomic E-state index is 0.190. The number of carbonyl (C=O) groups is 1. The van der Waals surface area contributed by atoms with Crippen molar-refractivity contribution in [3.05, 3.63) is 45.9 Å². The number of pyridine rings is 2. The van der Waals surface area contributed by atoms with Crippen LogP contribution in [0.25, 0.3) is 21.8 Å². The molecule has 0 unspecified atom stereocenters. The lowest BCUT2D eigenvalue weighted by Crippen LogP contribution is -2.20. The molecular weight excluding hydrogens is 330 g/mol. The molecule has 1 aliphatic heterocycles. The van der Waals surface area contributed by atoms with Gasteiger partial charge in [-0.1, -0.05) is 0 Å². The van der Waals surface area contributed by atoms with Crippen molar-refractivity contribution in [3.63, 3.8) is 0 Å². The maximum Gasteiger partial charge on any atom is 0.341 e. The highest BCUT2D eigenvalue weighted by molar-refractivity contribution is 6.05. The summed E-state index contributed by atoms with van der Waals surface area (Å²) in [7, 11) is 0. The van der Waals surface area contributed by atoms with Gasteiger partial charge in [-0.25, -0.2) is 4.79 Å². The number of benzene rings is 1. The number of aryl methyl sites for hydroxylation is 2. The van der Waals surface area contributed by atoms with E-state index in [-0.39, 0.29) is 5.56 Å². The molecule has 6 heteroatoms. The van der Waals surface area contributed by atoms with Gasteiger partial charge in [-0.05, 0) is 44.4 Å². The zero-order valence-electron chi connectivity index (χ0n) is 15.0. The number of carboxylic acid groups (broad SMARTS) is 1. The predicted molar refractivity (Wildman–Crippen MR) is 102 cm³/mol. The van der Waals surface area contributed by atoms with Crippen LogP contribution in [-0.2, 0) is 6.54 Å². The maximum atomic E-state index is 12.8. The second kappa shape index (κ2) is 6.12. The normalized spacial score (nSPS) is 14.5. The summed E-state index contributed by atoms with van der Waals surface area (Å²) in [5.41, 5.74) is 2.99. The lowest BCUT2D eigenvalue weighted by molar-refractivity contribution is 0.0695. The molecule has 1 N–H and O–H groups in total. The lowest BCUT2D eigenvalue weighted by Gasteiger charge is -2.21. The van der Waals surface area contributed by atoms with Crippen molar-refractivity contribution in [3.8, 4) is 0 Å². The van der Waals surface area contributed by atoms with E-state index in [1.807, 2.05) is 36.7 Å². The number of aromatic nitrogens is 2. The Kier molecular flexibility index (Phi) is 3.90. The number of aromatic carboxylic acids is 1. The highest BCUT2D eigenvalue weighted by Gasteiger charge is 2.20. The number of carboxylic acids is 1. The first-order chi connectivity index (χ1) is 12.5. The van der Waals surface area contributed by atoms with Crippen molar-refractivity contribution in [1.82, 2.24) is 9.55 Å². The molecule has 2 aromatic heterocycles. The van der Waals surface area contributed by atoms with E-state index in [1.165, 1.54) is 6.20 Å². The molecule has 0 bridgehead atoms. The molecule has 1 saturated heterocycles. The molecule has 0 radical (unpaired) electrons. The van der Waals surface area contributed by atoms with E-state index in [0.29, 0.717) is 11.9 Å². The fourth-order valence-electron chi connectivity index (χ4n) is 4.03. The summed E-state index contributed by atoms with van der Waals surface area (Å²) in [5, 5.41) is 10.8. The van der Waals surface area contributed by atoms with Crippen molar-refractivity contribution in [2.24, 2.45) is 0 Å². The van der Waals surface area contributed by atoms with Gasteiger partial charge in [0.15, 0.2) is 0 Å². The van der Waals surface area contributed by atoms with Crippen LogP contribution in [0.2, 0.25) is 0 Å². The predicted octanol–water partition coefficient (Wildman–Crippen LogP) is 3.18. The highest BCUT2D eigenvalue weighted by Crippen LogP contribution is 2.33. The van der Waals surface area contributed by atoms with E-state index < -0.39 is 11.4 Å². The Hall–Kier alpha value is -2.89. The number of hydrogen-bond acceptors (Lipinski definition) is 4. The zero-order chi connectivity index (χ0) is 18.4. The Balaban J connectivity index is 2.15. The number of hydrogen-bond donors (Lipinski definition) is 1. The van der Waals surface area contributed by atoms with Crippen LogP contribution in [0.3, 0.4) is 0 Å². The van der Waals surface area contributed by atoms with Crippen molar-refractivity contribution in [1.29, 1.82) is 0 Å². The maximum absolute atomic E-state index is 12.8. The molecule has 1 aliphatic rings. The Morgan fingerprint density at radius 1 is 1.27 bits per heavy atom. The third kappa shape index (κ3) is 2.36. The largest absolute Gasteiger partial charge is 0.477 e. The molecule has 0 amide bonds. The average molecular weight is 351 g/mol. The third-order valence-electron chi connectivity index (χ3n) is 5.30. The van der Waals surface area contributed by atoms with Gasteiger partial charge in [-0.2, -0.15) is 0 Å². The number of anilines is 1. The van der Waals surface area contributed by atoms with E-state index in [9.17, 15) is 14.7 Å². The fraction of sp³-hybridized carbons (Fsp3) is 0.350. The van der Waals surface area contributed by atoms with Gasteiger partial charge in [0.05, 0.1) is 11.0 Å². The van der Waals surface area contributed by atoms with Crippen LogP contribution >= 0.6 is 0 Å². The van der Waals surface area contributed by atoms with Gasteiger partial charge < -0.3 is 14.6 Å². The van der Waals surface area contributed by atoms with Crippen LogP contribution in [0.1, 0.15) is 35.7 Å². The van der Waals surface area contributed by atoms with Crippen LogP contribution < -0.4 is 10.3 Å². The Bertz CT molecular complexity index is 1100. The number of fused-ring (bicyclic) bond motifs is 2. The average Bonchev–Trinajstić information content (AvgIpc) is 3.16. The van der Waals surface area contributed by atoms with E-state index in [1.54, 1.807) is 0 Å². The standard InChI is InChI=1S/C20H21N3O3/c1-3-22-11-15(20(25)26)19(24)14-10-13-16(23-8-4-5-9-23)6-7-21-17(13)12(2)18(14)22/h6-7,10-11H,3-5,8-9H2,1-2H3,(H,25,26). The molecule has 1 fully saturated rings. The quantitative estimate of drug-likeness (QED) is 0.734. The van der Waals surface area contributed by atoms with Crippen molar-refractivity contribution < 1.29 is 9.90 Å². The molecule has 3 aromatic rings. The molecule has 0 aliphatic carbocycles. The van der Waals surface area contributed by atoms with Crippen LogP contribution in [0, 0.1) is 6.92 Å². The Labute approximate surface area is 150 Å². The van der Waals surface area contributed by atoms with Gasteiger partial charge in [-0.3, -0.25) is 9.78 Å². The molecule has 1 aromatic carbocycles. The Morgan fingerprint density at radius 2 is 2.00 bits per heavy atom. The molecular formula is C20H21N3O3. The van der Waals surface area contributed by atoms with Gasteiger partial charge in [0, 0.05) is 48.5 Å². The first-order valence-electron chi connectivity index (χ1n) is 8.96. The van der Waals surface area contributed by atoms with Gasteiger partial charge in [0.25, 0.3) is 0 Å². The van der Waals surface area contributed by atoms with E-state index in [4.69, 9.17) is 0 Å². The van der Waals surface area contributed by atoms with E-state index in [2.05, 4.69) is 9.88 Å². The third-order valence-corrected chi connectivity index (χ3v) is 5.30. The highest BCUT2D eigenvalue weighted by atomic mass is 16.4. The molecule has 4 rings (SSSR count). The van der Waals surface area contributed by atoms with Gasteiger partial charge in [0.2, 0.25) is 5.43 Å². The summed E-state index contributed by atoms with van der Waals surface area (Å²) in [6, 6.07) is 3.82. The van der Waals surface area contributed by atoms with Gasteiger partial charge in [0.1, 0.15) is 5.56 Å². The SMILES string of the molecule is CCn1cc(C(=O)O)c(=O)c2cc3c(N4CCCC4)ccnc3c(C)c21. The second-order valence-electron chi connectivity index (χ2n) is 6.78. The number of nitrogens with zero attached hydrogens (tertiary/aromatic N) is 3. The summed E-state index contributed by atoms with van der Waals surface area (Å²) in [6.07, 6.45) is 5.56. The van der Waals surface area contributed by atoms with Crippen molar-refractivity contribution in [2.45, 2.75) is 33.2 Å². The van der Waals surface area contributed by atoms with Crippen molar-refractivity contribution >= 4 is 33.5 Å². The fourth-order valence-corrected chi connectivity index (χ4v) is 4.03. The minimum atomic E-state index is -1.19. The monoisotopic (exact) mass is 351 g/mol. The van der Waals surface area contributed by atoms with Crippen LogP contribution in [-0.4, -0.2) is 33.7 Å². The van der Waals surface area contributed by atoms with E-state index >= 15 is 0 Å². The first-order valence-corrected chi connectivity index (χ1v) is 8.96. The summed E-state index contributed by atoms with van der Waals surface area (Å²) >= 11 is 0. The molecule has 6 nitrogen and oxygen atoms in total. The second-order valence-corrected chi connectivity index (χ2v) is 6.78. The van der Waals surface area contributed by atoms with Crippen molar-refractivity contribution in [2.75, 3.05) is 18.0 Å². The van der Waals surface area contributed by atoms with Crippen LogP contribution in [0.15, 0.2) is 29.3 Å². The minimum Gasteiger partial charge on any atom is -0.477 e. The van der Waals surface area contributed by atoms with Crippen LogP contribution in [0.5, 0.6) is 0 Å². The zero-order valence-corrected chi connectivity index (χ0v) is 15.0. The molecule has 0 spiro atoms. The van der Waals surface area contributed by atoms with Gasteiger partial charge in [-0.15, -0.1) is 0 Å². The van der Waals surface area contributed by atoms with Gasteiger partial charge >= 0.3 is 5.97 Å². The Morgan fingerprint density at radius 3 is 2.65 bits per heavy atom. The van der Waals surface area contributed by atoms with Crippen LogP contribution in [0.4, 0.5) is 5.69 Å². The molecule has 26 heavy (non-hydrogen) atoms. The molecule has 0 saturated carbocycles. The number of rotatable bonds is 3.